The predicted molar refractivity (Wildman–Crippen MR) is 118 cm³/mol. The lowest BCUT2D eigenvalue weighted by atomic mass is 10.2. The van der Waals surface area contributed by atoms with Crippen LogP contribution in [0, 0.1) is 0 Å². The topological polar surface area (TPSA) is 43.8 Å². The van der Waals surface area contributed by atoms with Gasteiger partial charge in [-0.15, -0.1) is 0 Å². The van der Waals surface area contributed by atoms with Crippen LogP contribution in [0.4, 0.5) is 5.69 Å². The van der Waals surface area contributed by atoms with Crippen LogP contribution in [0.1, 0.15) is 12.5 Å². The SMILES string of the molecule is CCO.CN1/C(=C2/SC(=S)N(Cc3ccccc3)C2=O)Sc2ccccc21. The zero-order valence-corrected chi connectivity index (χ0v) is 17.5. The fraction of sp³-hybridized carbons (Fsp3) is 0.200. The molecule has 0 atom stereocenters. The van der Waals surface area contributed by atoms with Crippen molar-refractivity contribution in [3.63, 3.8) is 0 Å². The van der Waals surface area contributed by atoms with Crippen molar-refractivity contribution in [2.24, 2.45) is 0 Å². The van der Waals surface area contributed by atoms with Crippen LogP contribution < -0.4 is 4.90 Å². The summed E-state index contributed by atoms with van der Waals surface area (Å²) in [6, 6.07) is 18.1. The van der Waals surface area contributed by atoms with Crippen molar-refractivity contribution >= 4 is 51.7 Å². The second kappa shape index (κ2) is 8.93. The van der Waals surface area contributed by atoms with Crippen LogP contribution in [0.5, 0.6) is 0 Å². The smallest absolute Gasteiger partial charge is 0.269 e. The zero-order valence-electron chi connectivity index (χ0n) is 15.1. The summed E-state index contributed by atoms with van der Waals surface area (Å²) in [5.74, 6) is -0.00370. The zero-order chi connectivity index (χ0) is 19.4. The third-order valence-corrected chi connectivity index (χ3v) is 6.77. The summed E-state index contributed by atoms with van der Waals surface area (Å²) in [6.45, 7) is 2.45. The number of hydrogen-bond donors (Lipinski definition) is 1. The predicted octanol–water partition coefficient (Wildman–Crippen LogP) is 4.46. The highest BCUT2D eigenvalue weighted by atomic mass is 32.2. The molecule has 0 unspecified atom stereocenters. The van der Waals surface area contributed by atoms with Gasteiger partial charge in [0.25, 0.3) is 5.91 Å². The Morgan fingerprint density at radius 2 is 1.67 bits per heavy atom. The Balaban J connectivity index is 0.000000659. The summed E-state index contributed by atoms with van der Waals surface area (Å²) in [6.07, 6.45) is 0. The molecule has 4 rings (SSSR count). The van der Waals surface area contributed by atoms with E-state index in [0.717, 1.165) is 21.2 Å². The maximum atomic E-state index is 12.9. The van der Waals surface area contributed by atoms with Gasteiger partial charge < -0.3 is 10.0 Å². The van der Waals surface area contributed by atoms with Crippen molar-refractivity contribution < 1.29 is 9.90 Å². The first-order valence-corrected chi connectivity index (χ1v) is 10.5. The van der Waals surface area contributed by atoms with Crippen molar-refractivity contribution in [3.8, 4) is 0 Å². The van der Waals surface area contributed by atoms with Crippen LogP contribution in [-0.4, -0.2) is 33.9 Å². The molecule has 4 nitrogen and oxygen atoms in total. The molecule has 0 spiro atoms. The molecule has 2 aromatic rings. The highest BCUT2D eigenvalue weighted by molar-refractivity contribution is 8.27. The molecule has 140 valence electrons. The molecule has 2 aromatic carbocycles. The van der Waals surface area contributed by atoms with Gasteiger partial charge in [0.15, 0.2) is 0 Å². The molecule has 1 saturated heterocycles. The van der Waals surface area contributed by atoms with Crippen LogP contribution in [0.25, 0.3) is 0 Å². The summed E-state index contributed by atoms with van der Waals surface area (Å²) in [7, 11) is 2.00. The first-order chi connectivity index (χ1) is 13.1. The number of hydrogen-bond acceptors (Lipinski definition) is 6. The molecule has 0 bridgehead atoms. The maximum absolute atomic E-state index is 12.9. The van der Waals surface area contributed by atoms with Crippen LogP contribution in [0.15, 0.2) is 69.4 Å². The van der Waals surface area contributed by atoms with Crippen molar-refractivity contribution in [1.82, 2.24) is 4.90 Å². The van der Waals surface area contributed by atoms with E-state index in [1.807, 2.05) is 49.5 Å². The van der Waals surface area contributed by atoms with E-state index in [1.165, 1.54) is 16.7 Å². The molecule has 27 heavy (non-hydrogen) atoms. The highest BCUT2D eigenvalue weighted by Gasteiger charge is 2.38. The lowest BCUT2D eigenvalue weighted by Gasteiger charge is -2.16. The monoisotopic (exact) mass is 416 g/mol. The van der Waals surface area contributed by atoms with E-state index in [9.17, 15) is 4.79 Å². The highest BCUT2D eigenvalue weighted by Crippen LogP contribution is 2.49. The van der Waals surface area contributed by atoms with Crippen LogP contribution in [0.2, 0.25) is 0 Å². The summed E-state index contributed by atoms with van der Waals surface area (Å²) in [5, 5.41) is 8.53. The Hall–Kier alpha value is -1.80. The molecule has 7 heteroatoms. The van der Waals surface area contributed by atoms with Gasteiger partial charge in [-0.05, 0) is 24.6 Å². The number of anilines is 1. The summed E-state index contributed by atoms with van der Waals surface area (Å²) in [4.78, 5) is 18.6. The first kappa shape index (κ1) is 19.9. The first-order valence-electron chi connectivity index (χ1n) is 8.50. The van der Waals surface area contributed by atoms with Crippen LogP contribution in [-0.2, 0) is 11.3 Å². The molecular weight excluding hydrogens is 396 g/mol. The van der Waals surface area contributed by atoms with Gasteiger partial charge >= 0.3 is 0 Å². The van der Waals surface area contributed by atoms with Gasteiger partial charge in [0.1, 0.15) is 9.23 Å². The normalized spacial score (nSPS) is 18.5. The quantitative estimate of drug-likeness (QED) is 0.576. The van der Waals surface area contributed by atoms with E-state index in [2.05, 4.69) is 17.0 Å². The molecule has 0 aliphatic carbocycles. The number of nitrogens with zero attached hydrogens (tertiary/aromatic N) is 2. The van der Waals surface area contributed by atoms with E-state index in [0.29, 0.717) is 10.9 Å². The van der Waals surface area contributed by atoms with E-state index in [-0.39, 0.29) is 12.5 Å². The number of para-hydroxylation sites is 1. The van der Waals surface area contributed by atoms with Crippen LogP contribution >= 0.6 is 35.7 Å². The van der Waals surface area contributed by atoms with E-state index in [1.54, 1.807) is 23.6 Å². The molecule has 1 fully saturated rings. The molecule has 2 heterocycles. The summed E-state index contributed by atoms with van der Waals surface area (Å²) in [5.41, 5.74) is 2.21. The Bertz CT molecular complexity index is 884. The minimum atomic E-state index is -0.00370. The molecule has 0 radical (unpaired) electrons. The Morgan fingerprint density at radius 1 is 1.04 bits per heavy atom. The van der Waals surface area contributed by atoms with Gasteiger partial charge in [-0.2, -0.15) is 0 Å². The standard InChI is InChI=1S/C18H14N2OS3.C2H6O/c1-19-13-9-5-6-10-14(13)23-17(19)15-16(21)20(18(22)24-15)11-12-7-3-2-4-8-12;1-2-3/h2-10H,11H2,1H3;3H,2H2,1H3/b17-15-;. The molecule has 2 aliphatic rings. The molecular formula is C20H20N2O2S3. The minimum absolute atomic E-state index is 0.00370. The number of fused-ring (bicyclic) bond motifs is 1. The fourth-order valence-electron chi connectivity index (χ4n) is 2.73. The van der Waals surface area contributed by atoms with Gasteiger partial charge in [-0.1, -0.05) is 78.2 Å². The number of aliphatic hydroxyl groups excluding tert-OH is 1. The fourth-order valence-corrected chi connectivity index (χ4v) is 5.31. The van der Waals surface area contributed by atoms with Gasteiger partial charge in [-0.3, -0.25) is 9.69 Å². The number of thiocarbonyl (C=S) groups is 1. The average molecular weight is 417 g/mol. The van der Waals surface area contributed by atoms with Crippen molar-refractivity contribution in [2.75, 3.05) is 18.6 Å². The molecule has 0 aromatic heterocycles. The number of rotatable bonds is 2. The van der Waals surface area contributed by atoms with Gasteiger partial charge in [0.2, 0.25) is 0 Å². The number of benzene rings is 2. The lowest BCUT2D eigenvalue weighted by molar-refractivity contribution is -0.122. The molecule has 0 saturated carbocycles. The Labute approximate surface area is 173 Å². The Kier molecular flexibility index (Phi) is 6.59. The molecule has 1 amide bonds. The van der Waals surface area contributed by atoms with Gasteiger partial charge in [0.05, 0.1) is 17.3 Å². The number of amides is 1. The summed E-state index contributed by atoms with van der Waals surface area (Å²) < 4.78 is 0.622. The van der Waals surface area contributed by atoms with Crippen molar-refractivity contribution in [2.45, 2.75) is 18.4 Å². The third-order valence-electron chi connectivity index (χ3n) is 3.96. The van der Waals surface area contributed by atoms with Gasteiger partial charge in [0, 0.05) is 18.6 Å². The summed E-state index contributed by atoms with van der Waals surface area (Å²) >= 11 is 8.49. The van der Waals surface area contributed by atoms with Crippen LogP contribution in [0.3, 0.4) is 0 Å². The lowest BCUT2D eigenvalue weighted by Crippen LogP contribution is -2.28. The van der Waals surface area contributed by atoms with E-state index in [4.69, 9.17) is 17.3 Å². The number of aliphatic hydroxyl groups is 1. The third kappa shape index (κ3) is 4.21. The number of carbonyl (C=O) groups excluding carboxylic acids is 1. The Morgan fingerprint density at radius 3 is 2.33 bits per heavy atom. The second-order valence-corrected chi connectivity index (χ2v) is 8.50. The second-order valence-electron chi connectivity index (χ2n) is 5.82. The molecule has 1 N–H and O–H groups in total. The van der Waals surface area contributed by atoms with Crippen molar-refractivity contribution in [3.05, 3.63) is 70.1 Å². The van der Waals surface area contributed by atoms with E-state index >= 15 is 0 Å². The molecule has 2 aliphatic heterocycles. The largest absolute Gasteiger partial charge is 0.397 e. The number of carbonyl (C=O) groups is 1. The minimum Gasteiger partial charge on any atom is -0.397 e. The van der Waals surface area contributed by atoms with E-state index < -0.39 is 0 Å². The number of thioether (sulfide) groups is 2. The maximum Gasteiger partial charge on any atom is 0.269 e. The van der Waals surface area contributed by atoms with Crippen molar-refractivity contribution in [1.29, 1.82) is 0 Å². The van der Waals surface area contributed by atoms with Gasteiger partial charge in [-0.25, -0.2) is 0 Å². The average Bonchev–Trinajstić information content (AvgIpc) is 3.15.